The zero-order valence-electron chi connectivity index (χ0n) is 8.90. The van der Waals surface area contributed by atoms with E-state index in [0.717, 1.165) is 5.56 Å². The van der Waals surface area contributed by atoms with Gasteiger partial charge in [0.05, 0.1) is 6.10 Å². The Morgan fingerprint density at radius 1 is 1.47 bits per heavy atom. The Labute approximate surface area is 93.7 Å². The van der Waals surface area contributed by atoms with Crippen molar-refractivity contribution in [2.24, 2.45) is 0 Å². The van der Waals surface area contributed by atoms with Gasteiger partial charge in [-0.15, -0.1) is 0 Å². The van der Waals surface area contributed by atoms with Crippen molar-refractivity contribution >= 4 is 17.4 Å². The molecular weight excluding hydrogens is 213 g/mol. The summed E-state index contributed by atoms with van der Waals surface area (Å²) in [5, 5.41) is 9.41. The van der Waals surface area contributed by atoms with Gasteiger partial charge >= 0.3 is 0 Å². The Kier molecular flexibility index (Phi) is 4.42. The zero-order valence-corrected chi connectivity index (χ0v) is 9.72. The molecule has 0 radical (unpaired) electrons. The van der Waals surface area contributed by atoms with Gasteiger partial charge in [-0.05, 0) is 30.7 Å². The number of anilines is 1. The molecule has 0 heterocycles. The van der Waals surface area contributed by atoms with E-state index in [9.17, 15) is 9.50 Å². The third-order valence-electron chi connectivity index (χ3n) is 2.29. The van der Waals surface area contributed by atoms with Crippen LogP contribution in [0.1, 0.15) is 19.4 Å². The number of hydrogen-bond acceptors (Lipinski definition) is 3. The lowest BCUT2D eigenvalue weighted by molar-refractivity contribution is 0.196. The van der Waals surface area contributed by atoms with Crippen LogP contribution in [0, 0.1) is 5.82 Å². The molecule has 0 aromatic heterocycles. The van der Waals surface area contributed by atoms with Crippen LogP contribution in [0.2, 0.25) is 0 Å². The van der Waals surface area contributed by atoms with Crippen molar-refractivity contribution in [3.63, 3.8) is 0 Å². The summed E-state index contributed by atoms with van der Waals surface area (Å²) in [4.78, 5) is 0. The van der Waals surface area contributed by atoms with Crippen molar-refractivity contribution in [1.29, 1.82) is 0 Å². The smallest absolute Gasteiger partial charge is 0.123 e. The van der Waals surface area contributed by atoms with Gasteiger partial charge < -0.3 is 10.8 Å². The van der Waals surface area contributed by atoms with Crippen molar-refractivity contribution in [2.75, 3.05) is 5.73 Å². The second kappa shape index (κ2) is 5.37. The van der Waals surface area contributed by atoms with Crippen LogP contribution in [-0.2, 0) is 5.75 Å². The van der Waals surface area contributed by atoms with Crippen molar-refractivity contribution in [3.8, 4) is 0 Å². The van der Waals surface area contributed by atoms with Crippen LogP contribution in [0.25, 0.3) is 0 Å². The van der Waals surface area contributed by atoms with E-state index in [1.807, 2.05) is 6.92 Å². The summed E-state index contributed by atoms with van der Waals surface area (Å²) in [7, 11) is 0. The van der Waals surface area contributed by atoms with Crippen LogP contribution < -0.4 is 5.73 Å². The molecule has 84 valence electrons. The number of rotatable bonds is 4. The standard InChI is InChI=1S/C11H16FNOS/c1-7(14)8(2)15-6-9-5-10(12)3-4-11(9)13/h3-5,7-8,14H,6,13H2,1-2H3. The Balaban J connectivity index is 2.61. The van der Waals surface area contributed by atoms with E-state index < -0.39 is 0 Å². The largest absolute Gasteiger partial charge is 0.398 e. The van der Waals surface area contributed by atoms with E-state index in [1.54, 1.807) is 24.8 Å². The maximum absolute atomic E-state index is 12.9. The van der Waals surface area contributed by atoms with Crippen molar-refractivity contribution < 1.29 is 9.50 Å². The molecule has 4 heteroatoms. The highest BCUT2D eigenvalue weighted by Gasteiger charge is 2.10. The fourth-order valence-electron chi connectivity index (χ4n) is 1.06. The van der Waals surface area contributed by atoms with Crippen LogP contribution in [0.5, 0.6) is 0 Å². The topological polar surface area (TPSA) is 46.2 Å². The van der Waals surface area contributed by atoms with Crippen molar-refractivity contribution in [1.82, 2.24) is 0 Å². The molecule has 2 nitrogen and oxygen atoms in total. The average Bonchev–Trinajstić information content (AvgIpc) is 2.18. The minimum Gasteiger partial charge on any atom is -0.398 e. The summed E-state index contributed by atoms with van der Waals surface area (Å²) < 4.78 is 12.9. The Bertz CT molecular complexity index is 330. The van der Waals surface area contributed by atoms with E-state index in [4.69, 9.17) is 5.73 Å². The predicted octanol–water partition coefficient (Wildman–Crippen LogP) is 2.41. The first-order valence-electron chi connectivity index (χ1n) is 4.84. The molecule has 1 aromatic rings. The molecule has 0 fully saturated rings. The molecule has 0 spiro atoms. The maximum Gasteiger partial charge on any atom is 0.123 e. The summed E-state index contributed by atoms with van der Waals surface area (Å²) in [6.07, 6.45) is -0.371. The highest BCUT2D eigenvalue weighted by molar-refractivity contribution is 7.99. The molecule has 15 heavy (non-hydrogen) atoms. The summed E-state index contributed by atoms with van der Waals surface area (Å²) in [6, 6.07) is 4.36. The van der Waals surface area contributed by atoms with E-state index in [-0.39, 0.29) is 17.2 Å². The maximum atomic E-state index is 12.9. The van der Waals surface area contributed by atoms with Gasteiger partial charge in [0.2, 0.25) is 0 Å². The highest BCUT2D eigenvalue weighted by Crippen LogP contribution is 2.24. The lowest BCUT2D eigenvalue weighted by Crippen LogP contribution is -2.15. The molecule has 0 saturated carbocycles. The first-order chi connectivity index (χ1) is 7.00. The highest BCUT2D eigenvalue weighted by atomic mass is 32.2. The number of aliphatic hydroxyl groups is 1. The normalized spacial score (nSPS) is 14.9. The predicted molar refractivity (Wildman–Crippen MR) is 63.3 cm³/mol. The third-order valence-corrected chi connectivity index (χ3v) is 3.68. The number of nitrogens with two attached hydrogens (primary N) is 1. The van der Waals surface area contributed by atoms with Gasteiger partial charge in [-0.25, -0.2) is 4.39 Å². The second-order valence-electron chi connectivity index (χ2n) is 3.60. The SMILES string of the molecule is CC(O)C(C)SCc1cc(F)ccc1N. The van der Waals surface area contributed by atoms with E-state index >= 15 is 0 Å². The van der Waals surface area contributed by atoms with Gasteiger partial charge in [0.15, 0.2) is 0 Å². The lowest BCUT2D eigenvalue weighted by atomic mass is 10.2. The molecule has 0 aliphatic rings. The van der Waals surface area contributed by atoms with Crippen LogP contribution in [0.15, 0.2) is 18.2 Å². The molecule has 1 rings (SSSR count). The molecule has 0 bridgehead atoms. The Morgan fingerprint density at radius 2 is 2.13 bits per heavy atom. The third kappa shape index (κ3) is 3.72. The van der Waals surface area contributed by atoms with Crippen molar-refractivity contribution in [2.45, 2.75) is 31.0 Å². The number of thioether (sulfide) groups is 1. The first-order valence-corrected chi connectivity index (χ1v) is 5.89. The second-order valence-corrected chi connectivity index (χ2v) is 4.97. The fraction of sp³-hybridized carbons (Fsp3) is 0.455. The van der Waals surface area contributed by atoms with Gasteiger partial charge in [0.25, 0.3) is 0 Å². The zero-order chi connectivity index (χ0) is 11.4. The van der Waals surface area contributed by atoms with Crippen LogP contribution >= 0.6 is 11.8 Å². The van der Waals surface area contributed by atoms with E-state index in [1.165, 1.54) is 12.1 Å². The van der Waals surface area contributed by atoms with Gasteiger partial charge in [0.1, 0.15) is 5.82 Å². The molecule has 3 N–H and O–H groups in total. The number of aliphatic hydroxyl groups excluding tert-OH is 1. The van der Waals surface area contributed by atoms with Crippen molar-refractivity contribution in [3.05, 3.63) is 29.6 Å². The minimum atomic E-state index is -0.371. The van der Waals surface area contributed by atoms with Crippen LogP contribution in [-0.4, -0.2) is 16.5 Å². The summed E-state index contributed by atoms with van der Waals surface area (Å²) in [5.74, 6) is 0.347. The van der Waals surface area contributed by atoms with Gasteiger partial charge in [-0.3, -0.25) is 0 Å². The fourth-order valence-corrected chi connectivity index (χ4v) is 2.03. The van der Waals surface area contributed by atoms with Crippen LogP contribution in [0.3, 0.4) is 0 Å². The summed E-state index contributed by atoms with van der Waals surface area (Å²) >= 11 is 1.56. The van der Waals surface area contributed by atoms with Gasteiger partial charge in [0, 0.05) is 16.7 Å². The van der Waals surface area contributed by atoms with Gasteiger partial charge in [-0.2, -0.15) is 11.8 Å². The monoisotopic (exact) mass is 229 g/mol. The minimum absolute atomic E-state index is 0.118. The molecule has 2 unspecified atom stereocenters. The molecular formula is C11H16FNOS. The van der Waals surface area contributed by atoms with Gasteiger partial charge in [-0.1, -0.05) is 6.92 Å². The molecule has 1 aromatic carbocycles. The quantitative estimate of drug-likeness (QED) is 0.779. The lowest BCUT2D eigenvalue weighted by Gasteiger charge is -2.14. The number of hydrogen-bond donors (Lipinski definition) is 2. The molecule has 0 aliphatic heterocycles. The number of nitrogen functional groups attached to an aromatic ring is 1. The molecule has 0 saturated heterocycles. The number of halogens is 1. The first kappa shape index (κ1) is 12.3. The Morgan fingerprint density at radius 3 is 2.73 bits per heavy atom. The average molecular weight is 229 g/mol. The Hall–Kier alpha value is -0.740. The molecule has 0 aliphatic carbocycles. The number of benzene rings is 1. The van der Waals surface area contributed by atoms with E-state index in [2.05, 4.69) is 0 Å². The van der Waals surface area contributed by atoms with E-state index in [0.29, 0.717) is 11.4 Å². The molecule has 2 atom stereocenters. The van der Waals surface area contributed by atoms with Crippen LogP contribution in [0.4, 0.5) is 10.1 Å². The molecule has 0 amide bonds. The summed E-state index contributed by atoms with van der Waals surface area (Å²) in [6.45, 7) is 3.68. The summed E-state index contributed by atoms with van der Waals surface area (Å²) in [5.41, 5.74) is 7.09.